The number of nitrogens with two attached hydrogens (primary N) is 1. The number of nitriles is 1. The maximum Gasteiger partial charge on any atom is 0.171 e. The molecule has 2 atom stereocenters. The molecule has 2 aromatic rings. The van der Waals surface area contributed by atoms with Crippen molar-refractivity contribution in [2.45, 2.75) is 19.1 Å². The van der Waals surface area contributed by atoms with E-state index in [9.17, 15) is 0 Å². The summed E-state index contributed by atoms with van der Waals surface area (Å²) in [5.41, 5.74) is 6.40. The van der Waals surface area contributed by atoms with Crippen LogP contribution >= 0.6 is 0 Å². The fourth-order valence-corrected chi connectivity index (χ4v) is 1.85. The lowest BCUT2D eigenvalue weighted by molar-refractivity contribution is 0.152. The van der Waals surface area contributed by atoms with Gasteiger partial charge in [0.1, 0.15) is 17.3 Å². The molecule has 2 unspecified atom stereocenters. The van der Waals surface area contributed by atoms with Crippen LogP contribution in [0.2, 0.25) is 0 Å². The Bertz CT molecular complexity index is 600. The lowest BCUT2D eigenvalue weighted by Crippen LogP contribution is -2.28. The summed E-state index contributed by atoms with van der Waals surface area (Å²) in [6.07, 6.45) is 1.14. The van der Waals surface area contributed by atoms with Crippen LogP contribution in [0, 0.1) is 11.3 Å². The van der Waals surface area contributed by atoms with Gasteiger partial charge in [0.15, 0.2) is 6.10 Å². The summed E-state index contributed by atoms with van der Waals surface area (Å²) in [7, 11) is 1.54. The molecule has 20 heavy (non-hydrogen) atoms. The van der Waals surface area contributed by atoms with E-state index in [0.717, 1.165) is 0 Å². The van der Waals surface area contributed by atoms with Gasteiger partial charge in [-0.3, -0.25) is 0 Å². The standard InChI is InChI=1S/C15H16N2O3/c1-10(17)15(14-4-3-5-19-14)20-13-7-11(9-16)6-12(8-13)18-2/h3-8,10,15H,17H2,1-2H3. The molecule has 2 N–H and O–H groups in total. The summed E-state index contributed by atoms with van der Waals surface area (Å²) >= 11 is 0. The van der Waals surface area contributed by atoms with Crippen LogP contribution < -0.4 is 15.2 Å². The van der Waals surface area contributed by atoms with Gasteiger partial charge < -0.3 is 19.6 Å². The predicted molar refractivity (Wildman–Crippen MR) is 73.4 cm³/mol. The van der Waals surface area contributed by atoms with E-state index in [1.165, 1.54) is 7.11 Å². The SMILES string of the molecule is COc1cc(C#N)cc(OC(c2ccco2)C(C)N)c1. The van der Waals surface area contributed by atoms with Crippen LogP contribution in [0.25, 0.3) is 0 Å². The van der Waals surface area contributed by atoms with Gasteiger partial charge in [0.2, 0.25) is 0 Å². The molecule has 0 aliphatic heterocycles. The molecule has 0 saturated heterocycles. The number of nitrogens with zero attached hydrogens (tertiary/aromatic N) is 1. The molecule has 1 heterocycles. The second-order valence-corrected chi connectivity index (χ2v) is 4.42. The molecule has 0 fully saturated rings. The summed E-state index contributed by atoms with van der Waals surface area (Å²) in [6.45, 7) is 1.83. The smallest absolute Gasteiger partial charge is 0.171 e. The maximum atomic E-state index is 9.00. The van der Waals surface area contributed by atoms with Gasteiger partial charge in [-0.2, -0.15) is 5.26 Å². The highest BCUT2D eigenvalue weighted by atomic mass is 16.5. The summed E-state index contributed by atoms with van der Waals surface area (Å²) in [5.74, 6) is 1.71. The van der Waals surface area contributed by atoms with Crippen LogP contribution in [0.5, 0.6) is 11.5 Å². The van der Waals surface area contributed by atoms with Gasteiger partial charge in [-0.1, -0.05) is 0 Å². The lowest BCUT2D eigenvalue weighted by Gasteiger charge is -2.21. The normalized spacial score (nSPS) is 13.3. The molecule has 5 nitrogen and oxygen atoms in total. The molecule has 0 radical (unpaired) electrons. The summed E-state index contributed by atoms with van der Waals surface area (Å²) in [5, 5.41) is 9.00. The minimum absolute atomic E-state index is 0.266. The average Bonchev–Trinajstić information content (AvgIpc) is 2.97. The van der Waals surface area contributed by atoms with Crippen molar-refractivity contribution in [1.82, 2.24) is 0 Å². The lowest BCUT2D eigenvalue weighted by atomic mass is 10.1. The van der Waals surface area contributed by atoms with E-state index in [1.807, 2.05) is 6.92 Å². The second kappa shape index (κ2) is 6.13. The molecule has 104 valence electrons. The van der Waals surface area contributed by atoms with Crippen molar-refractivity contribution in [1.29, 1.82) is 5.26 Å². The van der Waals surface area contributed by atoms with Gasteiger partial charge >= 0.3 is 0 Å². The third-order valence-electron chi connectivity index (χ3n) is 2.81. The summed E-state index contributed by atoms with van der Waals surface area (Å²) < 4.78 is 16.3. The Morgan fingerprint density at radius 2 is 2.05 bits per heavy atom. The Hall–Kier alpha value is -2.45. The number of methoxy groups -OCH3 is 1. The molecule has 1 aromatic heterocycles. The third-order valence-corrected chi connectivity index (χ3v) is 2.81. The van der Waals surface area contributed by atoms with E-state index in [2.05, 4.69) is 6.07 Å². The molecule has 1 aromatic carbocycles. The highest BCUT2D eigenvalue weighted by molar-refractivity contribution is 5.44. The molecule has 0 bridgehead atoms. The van der Waals surface area contributed by atoms with Crippen LogP contribution in [0.4, 0.5) is 0 Å². The quantitative estimate of drug-likeness (QED) is 0.904. The molecule has 0 amide bonds. The van der Waals surface area contributed by atoms with Crippen LogP contribution in [0.15, 0.2) is 41.0 Å². The zero-order valence-electron chi connectivity index (χ0n) is 11.4. The Labute approximate surface area is 117 Å². The van der Waals surface area contributed by atoms with Crippen molar-refractivity contribution in [3.63, 3.8) is 0 Å². The number of rotatable bonds is 5. The number of furan rings is 1. The van der Waals surface area contributed by atoms with Crippen LogP contribution in [-0.4, -0.2) is 13.2 Å². The largest absolute Gasteiger partial charge is 0.497 e. The van der Waals surface area contributed by atoms with Crippen LogP contribution in [0.1, 0.15) is 24.4 Å². The Balaban J connectivity index is 2.29. The first-order valence-corrected chi connectivity index (χ1v) is 6.19. The fourth-order valence-electron chi connectivity index (χ4n) is 1.85. The monoisotopic (exact) mass is 272 g/mol. The van der Waals surface area contributed by atoms with Crippen LogP contribution in [0.3, 0.4) is 0 Å². The molecule has 5 heteroatoms. The van der Waals surface area contributed by atoms with E-state index in [0.29, 0.717) is 22.8 Å². The van der Waals surface area contributed by atoms with E-state index >= 15 is 0 Å². The van der Waals surface area contributed by atoms with E-state index in [1.54, 1.807) is 36.6 Å². The molecule has 0 saturated carbocycles. The number of ether oxygens (including phenoxy) is 2. The van der Waals surface area contributed by atoms with E-state index in [4.69, 9.17) is 24.9 Å². The topological polar surface area (TPSA) is 81.4 Å². The summed E-state index contributed by atoms with van der Waals surface area (Å²) in [4.78, 5) is 0. The number of hydrogen-bond donors (Lipinski definition) is 1. The Morgan fingerprint density at radius 1 is 1.30 bits per heavy atom. The van der Waals surface area contributed by atoms with Gasteiger partial charge in [0.05, 0.1) is 25.0 Å². The first-order valence-electron chi connectivity index (χ1n) is 6.19. The molecule has 0 spiro atoms. The van der Waals surface area contributed by atoms with Crippen molar-refractivity contribution in [3.05, 3.63) is 47.9 Å². The predicted octanol–water partition coefficient (Wildman–Crippen LogP) is 2.63. The zero-order valence-corrected chi connectivity index (χ0v) is 11.4. The van der Waals surface area contributed by atoms with E-state index in [-0.39, 0.29) is 6.04 Å². The highest BCUT2D eigenvalue weighted by Crippen LogP contribution is 2.28. The van der Waals surface area contributed by atoms with Gasteiger partial charge in [0.25, 0.3) is 0 Å². The van der Waals surface area contributed by atoms with Gasteiger partial charge in [-0.25, -0.2) is 0 Å². The van der Waals surface area contributed by atoms with Gasteiger partial charge in [0, 0.05) is 12.1 Å². The van der Waals surface area contributed by atoms with Gasteiger partial charge in [-0.05, 0) is 31.2 Å². The zero-order chi connectivity index (χ0) is 14.5. The second-order valence-electron chi connectivity index (χ2n) is 4.42. The average molecular weight is 272 g/mol. The van der Waals surface area contributed by atoms with Gasteiger partial charge in [-0.15, -0.1) is 0 Å². The highest BCUT2D eigenvalue weighted by Gasteiger charge is 2.21. The molecule has 0 aliphatic rings. The fraction of sp³-hybridized carbons (Fsp3) is 0.267. The van der Waals surface area contributed by atoms with Crippen LogP contribution in [-0.2, 0) is 0 Å². The minimum atomic E-state index is -0.427. The van der Waals surface area contributed by atoms with Crippen molar-refractivity contribution < 1.29 is 13.9 Å². The molecular weight excluding hydrogens is 256 g/mol. The molecular formula is C15H16N2O3. The Kier molecular flexibility index (Phi) is 4.28. The van der Waals surface area contributed by atoms with Crippen molar-refractivity contribution >= 4 is 0 Å². The van der Waals surface area contributed by atoms with E-state index < -0.39 is 6.10 Å². The summed E-state index contributed by atoms with van der Waals surface area (Å²) in [6, 6.07) is 10.4. The number of hydrogen-bond acceptors (Lipinski definition) is 5. The van der Waals surface area contributed by atoms with Crippen molar-refractivity contribution in [3.8, 4) is 17.6 Å². The first-order chi connectivity index (χ1) is 9.63. The molecule has 2 rings (SSSR count). The maximum absolute atomic E-state index is 9.00. The van der Waals surface area contributed by atoms with Crippen molar-refractivity contribution in [2.24, 2.45) is 5.73 Å². The Morgan fingerprint density at radius 3 is 2.60 bits per heavy atom. The van der Waals surface area contributed by atoms with Crippen molar-refractivity contribution in [2.75, 3.05) is 7.11 Å². The molecule has 0 aliphatic carbocycles. The number of benzene rings is 1. The third kappa shape index (κ3) is 3.11. The first kappa shape index (κ1) is 14.0. The minimum Gasteiger partial charge on any atom is -0.497 e.